The molecule has 2 aromatic carbocycles. The molecule has 2 saturated heterocycles. The van der Waals surface area contributed by atoms with Crippen LogP contribution < -0.4 is 4.74 Å². The maximum absolute atomic E-state index is 13.7. The third kappa shape index (κ3) is 6.63. The van der Waals surface area contributed by atoms with Crippen LogP contribution in [0.15, 0.2) is 49.1 Å². The van der Waals surface area contributed by atoms with Crippen molar-refractivity contribution < 1.29 is 9.53 Å². The summed E-state index contributed by atoms with van der Waals surface area (Å²) < 4.78 is 7.85. The summed E-state index contributed by atoms with van der Waals surface area (Å²) in [5, 5.41) is 6.04. The molecule has 7 nitrogen and oxygen atoms in total. The number of halogens is 3. The molecule has 38 heavy (non-hydrogen) atoms. The van der Waals surface area contributed by atoms with Crippen molar-refractivity contribution in [2.75, 3.05) is 39.3 Å². The minimum absolute atomic E-state index is 0.0122. The fourth-order valence-corrected chi connectivity index (χ4v) is 6.10. The number of likely N-dealkylation sites (tertiary alicyclic amines) is 2. The number of ether oxygens (including phenoxy) is 1. The van der Waals surface area contributed by atoms with E-state index in [4.69, 9.17) is 39.5 Å². The van der Waals surface area contributed by atoms with Crippen molar-refractivity contribution in [3.05, 3.63) is 75.2 Å². The van der Waals surface area contributed by atoms with Crippen molar-refractivity contribution in [2.45, 2.75) is 44.1 Å². The van der Waals surface area contributed by atoms with E-state index in [-0.39, 0.29) is 5.91 Å². The second kappa shape index (κ2) is 12.7. The Morgan fingerprint density at radius 1 is 1.00 bits per heavy atom. The van der Waals surface area contributed by atoms with Crippen LogP contribution in [0.25, 0.3) is 0 Å². The fourth-order valence-electron chi connectivity index (χ4n) is 5.45. The van der Waals surface area contributed by atoms with E-state index in [1.165, 1.54) is 24.7 Å². The van der Waals surface area contributed by atoms with Crippen molar-refractivity contribution in [2.24, 2.45) is 0 Å². The third-order valence-corrected chi connectivity index (χ3v) is 8.38. The molecule has 2 fully saturated rings. The number of hydrogen-bond acceptors (Lipinski definition) is 5. The van der Waals surface area contributed by atoms with Crippen LogP contribution in [0.3, 0.4) is 0 Å². The number of carbonyl (C=O) groups excluding carboxylic acids is 1. The number of carbonyl (C=O) groups is 1. The summed E-state index contributed by atoms with van der Waals surface area (Å²) in [6, 6.07) is 10.7. The number of amides is 1. The SMILES string of the molecule is O=C([C@H](Cc1ccc(Cl)cc1Cl)n1cncn1)N1CCC(c2ccc(Cl)cc2OCCN2CCCC2)CC1. The quantitative estimate of drug-likeness (QED) is 0.317. The highest BCUT2D eigenvalue weighted by molar-refractivity contribution is 6.35. The number of aromatic nitrogens is 3. The average Bonchev–Trinajstić information content (AvgIpc) is 3.63. The first-order chi connectivity index (χ1) is 18.5. The minimum atomic E-state index is -0.535. The predicted molar refractivity (Wildman–Crippen MR) is 150 cm³/mol. The van der Waals surface area contributed by atoms with Gasteiger partial charge in [0.05, 0.1) is 0 Å². The Bertz CT molecular complexity index is 1230. The molecule has 0 saturated carbocycles. The minimum Gasteiger partial charge on any atom is -0.492 e. The molecule has 1 atom stereocenters. The molecule has 202 valence electrons. The standard InChI is InChI=1S/C28H32Cl3N5O2/c29-22-4-3-21(25(31)16-22)15-26(36-19-32-18-33-36)28(37)35-11-7-20(8-12-35)24-6-5-23(30)17-27(24)38-14-13-34-9-1-2-10-34/h3-6,16-20,26H,1-2,7-15H2/t26-/m0/s1. The van der Waals surface area contributed by atoms with E-state index in [1.807, 2.05) is 23.1 Å². The van der Waals surface area contributed by atoms with E-state index in [0.29, 0.717) is 47.1 Å². The third-order valence-electron chi connectivity index (χ3n) is 7.56. The molecule has 10 heteroatoms. The summed E-state index contributed by atoms with van der Waals surface area (Å²) in [4.78, 5) is 22.2. The lowest BCUT2D eigenvalue weighted by molar-refractivity contribution is -0.136. The second-order valence-corrected chi connectivity index (χ2v) is 11.3. The molecule has 0 N–H and O–H groups in total. The van der Waals surface area contributed by atoms with Gasteiger partial charge in [-0.3, -0.25) is 9.69 Å². The molecular formula is C28H32Cl3N5O2. The summed E-state index contributed by atoms with van der Waals surface area (Å²) in [6.07, 6.45) is 7.67. The van der Waals surface area contributed by atoms with Crippen LogP contribution in [0.5, 0.6) is 5.75 Å². The molecule has 0 bridgehead atoms. The molecule has 0 aliphatic carbocycles. The Morgan fingerprint density at radius 3 is 2.45 bits per heavy atom. The van der Waals surface area contributed by atoms with Crippen LogP contribution in [0.4, 0.5) is 0 Å². The molecule has 0 radical (unpaired) electrons. The maximum Gasteiger partial charge on any atom is 0.247 e. The second-order valence-electron chi connectivity index (χ2n) is 10.0. The van der Waals surface area contributed by atoms with Gasteiger partial charge in [0, 0.05) is 41.1 Å². The number of hydrogen-bond donors (Lipinski definition) is 0. The first-order valence-corrected chi connectivity index (χ1v) is 14.3. The van der Waals surface area contributed by atoms with Crippen molar-refractivity contribution >= 4 is 40.7 Å². The van der Waals surface area contributed by atoms with Gasteiger partial charge < -0.3 is 9.64 Å². The van der Waals surface area contributed by atoms with Crippen LogP contribution in [0.1, 0.15) is 48.8 Å². The molecular weight excluding hydrogens is 545 g/mol. The van der Waals surface area contributed by atoms with Gasteiger partial charge in [-0.2, -0.15) is 5.10 Å². The summed E-state index contributed by atoms with van der Waals surface area (Å²) in [5.41, 5.74) is 2.01. The lowest BCUT2D eigenvalue weighted by Crippen LogP contribution is -2.43. The van der Waals surface area contributed by atoms with Crippen LogP contribution in [-0.4, -0.2) is 69.8 Å². The average molecular weight is 577 g/mol. The van der Waals surface area contributed by atoms with E-state index in [0.717, 1.165) is 43.8 Å². The van der Waals surface area contributed by atoms with Crippen molar-refractivity contribution in [1.82, 2.24) is 24.6 Å². The lowest BCUT2D eigenvalue weighted by Gasteiger charge is -2.35. The topological polar surface area (TPSA) is 63.5 Å². The summed E-state index contributed by atoms with van der Waals surface area (Å²) in [7, 11) is 0. The molecule has 0 spiro atoms. The maximum atomic E-state index is 13.7. The van der Waals surface area contributed by atoms with Gasteiger partial charge in [-0.05, 0) is 80.1 Å². The fraction of sp³-hybridized carbons (Fsp3) is 0.464. The molecule has 2 aliphatic rings. The van der Waals surface area contributed by atoms with Crippen molar-refractivity contribution in [3.8, 4) is 5.75 Å². The molecule has 2 aliphatic heterocycles. The van der Waals surface area contributed by atoms with Gasteiger partial charge in [0.1, 0.15) is 31.1 Å². The Labute approximate surface area is 238 Å². The molecule has 3 heterocycles. The number of benzene rings is 2. The first-order valence-electron chi connectivity index (χ1n) is 13.2. The Kier molecular flexibility index (Phi) is 9.10. The van der Waals surface area contributed by atoms with Crippen LogP contribution in [0, 0.1) is 0 Å². The highest BCUT2D eigenvalue weighted by Gasteiger charge is 2.32. The zero-order chi connectivity index (χ0) is 26.5. The van der Waals surface area contributed by atoms with Crippen LogP contribution in [-0.2, 0) is 11.2 Å². The van der Waals surface area contributed by atoms with Gasteiger partial charge in [0.2, 0.25) is 5.91 Å². The molecule has 1 aromatic heterocycles. The van der Waals surface area contributed by atoms with Gasteiger partial charge >= 0.3 is 0 Å². The zero-order valence-corrected chi connectivity index (χ0v) is 23.5. The number of rotatable bonds is 9. The van der Waals surface area contributed by atoms with Gasteiger partial charge in [-0.15, -0.1) is 0 Å². The normalized spacial score (nSPS) is 17.6. The highest BCUT2D eigenvalue weighted by Crippen LogP contribution is 2.37. The summed E-state index contributed by atoms with van der Waals surface area (Å²) in [6.45, 7) is 5.19. The Morgan fingerprint density at radius 2 is 1.74 bits per heavy atom. The van der Waals surface area contributed by atoms with Gasteiger partial charge in [0.15, 0.2) is 0 Å². The van der Waals surface area contributed by atoms with E-state index >= 15 is 0 Å². The zero-order valence-electron chi connectivity index (χ0n) is 21.2. The van der Waals surface area contributed by atoms with Crippen molar-refractivity contribution in [3.63, 3.8) is 0 Å². The van der Waals surface area contributed by atoms with Gasteiger partial charge in [-0.25, -0.2) is 9.67 Å². The molecule has 5 rings (SSSR count). The smallest absolute Gasteiger partial charge is 0.247 e. The lowest BCUT2D eigenvalue weighted by atomic mass is 9.88. The van der Waals surface area contributed by atoms with E-state index < -0.39 is 6.04 Å². The monoisotopic (exact) mass is 575 g/mol. The van der Waals surface area contributed by atoms with Crippen molar-refractivity contribution in [1.29, 1.82) is 0 Å². The summed E-state index contributed by atoms with van der Waals surface area (Å²) in [5.74, 6) is 1.17. The Hall–Kier alpha value is -2.32. The van der Waals surface area contributed by atoms with Gasteiger partial charge in [-0.1, -0.05) is 46.9 Å². The van der Waals surface area contributed by atoms with Crippen LogP contribution in [0.2, 0.25) is 15.1 Å². The van der Waals surface area contributed by atoms with E-state index in [1.54, 1.807) is 23.1 Å². The van der Waals surface area contributed by atoms with Gasteiger partial charge in [0.25, 0.3) is 0 Å². The molecule has 0 unspecified atom stereocenters. The number of nitrogens with zero attached hydrogens (tertiary/aromatic N) is 5. The predicted octanol–water partition coefficient (Wildman–Crippen LogP) is 5.90. The molecule has 3 aromatic rings. The highest BCUT2D eigenvalue weighted by atomic mass is 35.5. The first kappa shape index (κ1) is 27.3. The largest absolute Gasteiger partial charge is 0.492 e. The molecule has 1 amide bonds. The van der Waals surface area contributed by atoms with E-state index in [2.05, 4.69) is 21.0 Å². The van der Waals surface area contributed by atoms with Crippen LogP contribution >= 0.6 is 34.8 Å². The Balaban J connectivity index is 1.24. The summed E-state index contributed by atoms with van der Waals surface area (Å²) >= 11 is 18.8. The van der Waals surface area contributed by atoms with E-state index in [9.17, 15) is 4.79 Å². The number of piperidine rings is 1.